The Kier molecular flexibility index (Phi) is 3.57. The summed E-state index contributed by atoms with van der Waals surface area (Å²) in [5, 5.41) is 10.3. The highest BCUT2D eigenvalue weighted by molar-refractivity contribution is 5.63. The van der Waals surface area contributed by atoms with Gasteiger partial charge in [-0.1, -0.05) is 60.7 Å². The van der Waals surface area contributed by atoms with Gasteiger partial charge in [0.15, 0.2) is 0 Å². The van der Waals surface area contributed by atoms with Gasteiger partial charge in [0.1, 0.15) is 6.10 Å². The number of benzene rings is 2. The first kappa shape index (κ1) is 12.6. The molecule has 2 aromatic carbocycles. The molecule has 20 heavy (non-hydrogen) atoms. The second kappa shape index (κ2) is 5.68. The van der Waals surface area contributed by atoms with Crippen LogP contribution in [-0.2, 0) is 0 Å². The first-order chi connectivity index (χ1) is 9.84. The van der Waals surface area contributed by atoms with Crippen LogP contribution in [0.25, 0.3) is 11.1 Å². The van der Waals surface area contributed by atoms with E-state index in [2.05, 4.69) is 17.1 Å². The molecule has 0 aliphatic carbocycles. The number of pyridine rings is 1. The van der Waals surface area contributed by atoms with Gasteiger partial charge in [-0.05, 0) is 28.8 Å². The number of hydrogen-bond donors (Lipinski definition) is 1. The Labute approximate surface area is 118 Å². The third-order valence-corrected chi connectivity index (χ3v) is 3.30. The zero-order valence-electron chi connectivity index (χ0n) is 11.0. The normalized spacial score (nSPS) is 12.1. The van der Waals surface area contributed by atoms with Crippen molar-refractivity contribution in [3.05, 3.63) is 90.3 Å². The Morgan fingerprint density at radius 3 is 2.00 bits per heavy atom. The fourth-order valence-electron chi connectivity index (χ4n) is 2.20. The highest BCUT2D eigenvalue weighted by Gasteiger charge is 2.11. The molecule has 2 heteroatoms. The van der Waals surface area contributed by atoms with Crippen molar-refractivity contribution in [2.24, 2.45) is 0 Å². The highest BCUT2D eigenvalue weighted by atomic mass is 16.3. The summed E-state index contributed by atoms with van der Waals surface area (Å²) in [6.07, 6.45) is 1.01. The predicted molar refractivity (Wildman–Crippen MR) is 80.2 cm³/mol. The van der Waals surface area contributed by atoms with Crippen LogP contribution in [-0.4, -0.2) is 10.1 Å². The van der Waals surface area contributed by atoms with Gasteiger partial charge in [-0.25, -0.2) is 0 Å². The van der Waals surface area contributed by atoms with Crippen LogP contribution in [0, 0.1) is 0 Å². The molecule has 3 aromatic rings. The zero-order chi connectivity index (χ0) is 13.8. The maximum absolute atomic E-state index is 10.3. The average Bonchev–Trinajstić information content (AvgIpc) is 2.56. The van der Waals surface area contributed by atoms with Crippen molar-refractivity contribution in [2.45, 2.75) is 6.10 Å². The molecular formula is C18H15NO. The van der Waals surface area contributed by atoms with Crippen LogP contribution in [0.5, 0.6) is 0 Å². The summed E-state index contributed by atoms with van der Waals surface area (Å²) < 4.78 is 0. The van der Waals surface area contributed by atoms with Crippen LogP contribution in [0.4, 0.5) is 0 Å². The van der Waals surface area contributed by atoms with Gasteiger partial charge in [0.2, 0.25) is 0 Å². The summed E-state index contributed by atoms with van der Waals surface area (Å²) >= 11 is 0. The molecule has 0 amide bonds. The van der Waals surface area contributed by atoms with Crippen LogP contribution in [0.3, 0.4) is 0 Å². The van der Waals surface area contributed by atoms with Gasteiger partial charge in [0, 0.05) is 6.20 Å². The number of hydrogen-bond acceptors (Lipinski definition) is 2. The van der Waals surface area contributed by atoms with Crippen molar-refractivity contribution in [3.63, 3.8) is 0 Å². The number of aromatic nitrogens is 1. The maximum Gasteiger partial charge on any atom is 0.121 e. The Morgan fingerprint density at radius 1 is 0.700 bits per heavy atom. The Bertz CT molecular complexity index is 663. The molecule has 0 saturated carbocycles. The van der Waals surface area contributed by atoms with Gasteiger partial charge in [-0.2, -0.15) is 0 Å². The SMILES string of the molecule is OC(c1ccc(-c2ccccc2)cc1)c1ccccn1. The van der Waals surface area contributed by atoms with Gasteiger partial charge in [-0.15, -0.1) is 0 Å². The smallest absolute Gasteiger partial charge is 0.121 e. The van der Waals surface area contributed by atoms with Crippen molar-refractivity contribution in [2.75, 3.05) is 0 Å². The lowest BCUT2D eigenvalue weighted by Gasteiger charge is -2.11. The van der Waals surface area contributed by atoms with Crippen molar-refractivity contribution < 1.29 is 5.11 Å². The molecule has 0 saturated heterocycles. The maximum atomic E-state index is 10.3. The second-order valence-electron chi connectivity index (χ2n) is 4.65. The lowest BCUT2D eigenvalue weighted by molar-refractivity contribution is 0.215. The van der Waals surface area contributed by atoms with E-state index in [9.17, 15) is 5.11 Å². The minimum atomic E-state index is -0.680. The number of nitrogens with zero attached hydrogens (tertiary/aromatic N) is 1. The molecule has 0 spiro atoms. The molecule has 0 aliphatic rings. The minimum Gasteiger partial charge on any atom is -0.382 e. The quantitative estimate of drug-likeness (QED) is 0.777. The standard InChI is InChI=1S/C18H15NO/c20-18(17-8-4-5-13-19-17)16-11-9-15(10-12-16)14-6-2-1-3-7-14/h1-13,18,20H. The summed E-state index contributed by atoms with van der Waals surface area (Å²) in [6, 6.07) is 23.7. The third-order valence-electron chi connectivity index (χ3n) is 3.30. The molecule has 0 radical (unpaired) electrons. The molecule has 3 rings (SSSR count). The number of aliphatic hydroxyl groups is 1. The van der Waals surface area contributed by atoms with Gasteiger partial charge in [0.05, 0.1) is 5.69 Å². The summed E-state index contributed by atoms with van der Waals surface area (Å²) in [6.45, 7) is 0. The van der Waals surface area contributed by atoms with Gasteiger partial charge >= 0.3 is 0 Å². The Morgan fingerprint density at radius 2 is 1.35 bits per heavy atom. The van der Waals surface area contributed by atoms with Crippen LogP contribution in [0.15, 0.2) is 79.0 Å². The molecule has 1 N–H and O–H groups in total. The van der Waals surface area contributed by atoms with E-state index >= 15 is 0 Å². The molecule has 1 aromatic heterocycles. The first-order valence-electron chi connectivity index (χ1n) is 6.59. The van der Waals surface area contributed by atoms with E-state index in [4.69, 9.17) is 0 Å². The predicted octanol–water partition coefficient (Wildman–Crippen LogP) is 3.83. The van der Waals surface area contributed by atoms with Crippen molar-refractivity contribution in [1.29, 1.82) is 0 Å². The molecule has 1 unspecified atom stereocenters. The fourth-order valence-corrected chi connectivity index (χ4v) is 2.20. The van der Waals surface area contributed by atoms with E-state index < -0.39 is 6.10 Å². The van der Waals surface area contributed by atoms with E-state index in [1.165, 1.54) is 5.56 Å². The van der Waals surface area contributed by atoms with E-state index in [1.807, 2.05) is 60.7 Å². The van der Waals surface area contributed by atoms with Crippen LogP contribution in [0.1, 0.15) is 17.4 Å². The number of rotatable bonds is 3. The molecule has 0 aliphatic heterocycles. The highest BCUT2D eigenvalue weighted by Crippen LogP contribution is 2.24. The summed E-state index contributed by atoms with van der Waals surface area (Å²) in [7, 11) is 0. The molecule has 1 heterocycles. The average molecular weight is 261 g/mol. The monoisotopic (exact) mass is 261 g/mol. The van der Waals surface area contributed by atoms with E-state index in [0.29, 0.717) is 5.69 Å². The largest absolute Gasteiger partial charge is 0.382 e. The van der Waals surface area contributed by atoms with Crippen molar-refractivity contribution >= 4 is 0 Å². The lowest BCUT2D eigenvalue weighted by Crippen LogP contribution is -2.01. The van der Waals surface area contributed by atoms with Crippen molar-refractivity contribution in [1.82, 2.24) is 4.98 Å². The lowest BCUT2D eigenvalue weighted by atomic mass is 10.0. The molecule has 0 bridgehead atoms. The fraction of sp³-hybridized carbons (Fsp3) is 0.0556. The van der Waals surface area contributed by atoms with Crippen LogP contribution >= 0.6 is 0 Å². The van der Waals surface area contributed by atoms with Gasteiger partial charge < -0.3 is 5.11 Å². The summed E-state index contributed by atoms with van der Waals surface area (Å²) in [5.74, 6) is 0. The Hall–Kier alpha value is -2.45. The second-order valence-corrected chi connectivity index (χ2v) is 4.65. The molecule has 1 atom stereocenters. The number of aliphatic hydroxyl groups excluding tert-OH is 1. The molecular weight excluding hydrogens is 246 g/mol. The van der Waals surface area contributed by atoms with E-state index in [1.54, 1.807) is 6.20 Å². The van der Waals surface area contributed by atoms with Crippen LogP contribution < -0.4 is 0 Å². The van der Waals surface area contributed by atoms with Crippen molar-refractivity contribution in [3.8, 4) is 11.1 Å². The minimum absolute atomic E-state index is 0.667. The zero-order valence-corrected chi connectivity index (χ0v) is 11.0. The van der Waals surface area contributed by atoms with E-state index in [0.717, 1.165) is 11.1 Å². The first-order valence-corrected chi connectivity index (χ1v) is 6.59. The topological polar surface area (TPSA) is 33.1 Å². The van der Waals surface area contributed by atoms with Gasteiger partial charge in [0.25, 0.3) is 0 Å². The molecule has 2 nitrogen and oxygen atoms in total. The summed E-state index contributed by atoms with van der Waals surface area (Å²) in [5.41, 5.74) is 3.83. The van der Waals surface area contributed by atoms with Crippen LogP contribution in [0.2, 0.25) is 0 Å². The Balaban J connectivity index is 1.87. The summed E-state index contributed by atoms with van der Waals surface area (Å²) in [4.78, 5) is 4.19. The molecule has 0 fully saturated rings. The molecule has 98 valence electrons. The van der Waals surface area contributed by atoms with Gasteiger partial charge in [-0.3, -0.25) is 4.98 Å². The third kappa shape index (κ3) is 2.60. The van der Waals surface area contributed by atoms with E-state index in [-0.39, 0.29) is 0 Å².